The van der Waals surface area contributed by atoms with E-state index in [2.05, 4.69) is 13.9 Å². The number of pyridine rings is 1. The molecule has 0 amide bonds. The Kier molecular flexibility index (Phi) is 4.35. The predicted octanol–water partition coefficient (Wildman–Crippen LogP) is 1.01. The molecule has 0 radical (unpaired) electrons. The van der Waals surface area contributed by atoms with Crippen LogP contribution in [0.4, 0.5) is 13.2 Å². The van der Waals surface area contributed by atoms with Crippen molar-refractivity contribution < 1.29 is 35.3 Å². The van der Waals surface area contributed by atoms with Crippen LogP contribution in [0.25, 0.3) is 0 Å². The minimum Gasteiger partial charge on any atom is -0.461 e. The fraction of sp³-hybridized carbons (Fsp3) is 0.333. The first kappa shape index (κ1) is 15.2. The van der Waals surface area contributed by atoms with Gasteiger partial charge in [-0.3, -0.25) is 0 Å². The molecule has 0 bridgehead atoms. The zero-order valence-electron chi connectivity index (χ0n) is 9.74. The maximum atomic E-state index is 13.3. The zero-order valence-corrected chi connectivity index (χ0v) is 10.6. The number of carbonyl (C=O) groups excluding carboxylic acids is 1. The van der Waals surface area contributed by atoms with Crippen LogP contribution in [0.15, 0.2) is 0 Å². The van der Waals surface area contributed by atoms with Gasteiger partial charge in [-0.05, 0) is 6.92 Å². The third-order valence-corrected chi connectivity index (χ3v) is 2.15. The molecule has 106 valence electrons. The lowest BCUT2D eigenvalue weighted by Gasteiger charge is -2.08. The van der Waals surface area contributed by atoms with Crippen molar-refractivity contribution in [2.75, 3.05) is 12.9 Å². The van der Waals surface area contributed by atoms with E-state index in [-0.39, 0.29) is 6.61 Å². The molecule has 0 aromatic carbocycles. The number of aromatic nitrogens is 1. The van der Waals surface area contributed by atoms with Gasteiger partial charge >= 0.3 is 16.1 Å². The van der Waals surface area contributed by atoms with E-state index in [4.69, 9.17) is 0 Å². The Labute approximate surface area is 106 Å². The minimum atomic E-state index is -4.23. The van der Waals surface area contributed by atoms with Crippen LogP contribution in [0.3, 0.4) is 0 Å². The van der Waals surface area contributed by atoms with Crippen LogP contribution < -0.4 is 4.18 Å². The molecule has 1 rings (SSSR count). The summed E-state index contributed by atoms with van der Waals surface area (Å²) in [7, 11) is -4.23. The van der Waals surface area contributed by atoms with Gasteiger partial charge in [0.1, 0.15) is 0 Å². The van der Waals surface area contributed by atoms with Crippen molar-refractivity contribution >= 4 is 16.1 Å². The number of hydrogen-bond acceptors (Lipinski definition) is 6. The second-order valence-corrected chi connectivity index (χ2v) is 4.79. The smallest absolute Gasteiger partial charge is 0.360 e. The summed E-state index contributed by atoms with van der Waals surface area (Å²) in [5, 5.41) is 0. The van der Waals surface area contributed by atoms with Crippen LogP contribution in [0.1, 0.15) is 17.4 Å². The summed E-state index contributed by atoms with van der Waals surface area (Å²) in [5.74, 6) is -8.69. The first-order chi connectivity index (χ1) is 8.67. The number of rotatable bonds is 4. The molecule has 1 heterocycles. The number of ether oxygens (including phenoxy) is 1. The molecule has 0 saturated carbocycles. The summed E-state index contributed by atoms with van der Waals surface area (Å²) in [6, 6.07) is 0. The van der Waals surface area contributed by atoms with Crippen molar-refractivity contribution in [1.82, 2.24) is 4.98 Å². The minimum absolute atomic E-state index is 0.165. The topological polar surface area (TPSA) is 82.6 Å². The van der Waals surface area contributed by atoms with Crippen molar-refractivity contribution in [2.24, 2.45) is 0 Å². The Morgan fingerprint density at radius 1 is 1.21 bits per heavy atom. The van der Waals surface area contributed by atoms with E-state index in [1.54, 1.807) is 0 Å². The molecule has 10 heteroatoms. The lowest BCUT2D eigenvalue weighted by molar-refractivity contribution is 0.0510. The Hall–Kier alpha value is -1.84. The van der Waals surface area contributed by atoms with E-state index in [1.807, 2.05) is 0 Å². The number of halogens is 3. The molecular weight excluding hydrogens is 291 g/mol. The van der Waals surface area contributed by atoms with Crippen molar-refractivity contribution in [3.05, 3.63) is 23.1 Å². The van der Waals surface area contributed by atoms with Crippen LogP contribution in [0, 0.1) is 17.5 Å². The summed E-state index contributed by atoms with van der Waals surface area (Å²) >= 11 is 0. The quantitative estimate of drug-likeness (QED) is 0.609. The molecule has 0 aliphatic heterocycles. The van der Waals surface area contributed by atoms with E-state index < -0.39 is 45.1 Å². The highest BCUT2D eigenvalue weighted by atomic mass is 32.2. The lowest BCUT2D eigenvalue weighted by Crippen LogP contribution is -2.16. The highest BCUT2D eigenvalue weighted by Crippen LogP contribution is 2.23. The van der Waals surface area contributed by atoms with Gasteiger partial charge in [-0.1, -0.05) is 0 Å². The number of nitrogens with zero attached hydrogens (tertiary/aromatic N) is 1. The third-order valence-electron chi connectivity index (χ3n) is 1.69. The number of carbonyl (C=O) groups is 1. The Morgan fingerprint density at radius 3 is 2.26 bits per heavy atom. The molecule has 0 aliphatic carbocycles. The molecule has 1 aromatic rings. The Morgan fingerprint density at radius 2 is 1.79 bits per heavy atom. The summed E-state index contributed by atoms with van der Waals surface area (Å²) in [4.78, 5) is 14.2. The monoisotopic (exact) mass is 299 g/mol. The molecule has 0 saturated heterocycles. The second-order valence-electron chi connectivity index (χ2n) is 3.22. The van der Waals surface area contributed by atoms with Crippen molar-refractivity contribution in [3.63, 3.8) is 0 Å². The van der Waals surface area contributed by atoms with Crippen LogP contribution in [-0.2, 0) is 14.9 Å². The summed E-state index contributed by atoms with van der Waals surface area (Å²) < 4.78 is 69.6. The standard InChI is InChI=1S/C9H8F3NO5S/c1-3-17-9(14)7-5(11)4(10)6(12)8(13-7)18-19(2,15)16/h3H2,1-2H3. The average molecular weight is 299 g/mol. The Bertz CT molecular complexity index is 617. The molecular formula is C9H8F3NO5S. The van der Waals surface area contributed by atoms with Crippen molar-refractivity contribution in [3.8, 4) is 5.88 Å². The number of hydrogen-bond donors (Lipinski definition) is 0. The van der Waals surface area contributed by atoms with Gasteiger partial charge < -0.3 is 8.92 Å². The summed E-state index contributed by atoms with van der Waals surface area (Å²) in [5.41, 5.74) is -1.21. The molecule has 0 spiro atoms. The van der Waals surface area contributed by atoms with E-state index in [0.717, 1.165) is 0 Å². The number of esters is 1. The van der Waals surface area contributed by atoms with Crippen molar-refractivity contribution in [2.45, 2.75) is 6.92 Å². The lowest BCUT2D eigenvalue weighted by atomic mass is 10.3. The molecule has 1 aromatic heterocycles. The molecule has 0 aliphatic rings. The molecule has 0 N–H and O–H groups in total. The van der Waals surface area contributed by atoms with Crippen LogP contribution in [-0.4, -0.2) is 32.2 Å². The predicted molar refractivity (Wildman–Crippen MR) is 55.5 cm³/mol. The average Bonchev–Trinajstić information content (AvgIpc) is 2.28. The normalized spacial score (nSPS) is 11.2. The van der Waals surface area contributed by atoms with Crippen LogP contribution >= 0.6 is 0 Å². The fourth-order valence-corrected chi connectivity index (χ4v) is 1.42. The fourth-order valence-electron chi connectivity index (χ4n) is 1.03. The maximum absolute atomic E-state index is 13.3. The first-order valence-electron chi connectivity index (χ1n) is 4.78. The zero-order chi connectivity index (χ0) is 14.8. The van der Waals surface area contributed by atoms with Gasteiger partial charge in [-0.2, -0.15) is 17.8 Å². The van der Waals surface area contributed by atoms with Gasteiger partial charge in [0.25, 0.3) is 5.88 Å². The van der Waals surface area contributed by atoms with Gasteiger partial charge in [0.2, 0.25) is 11.6 Å². The third kappa shape index (κ3) is 3.56. The van der Waals surface area contributed by atoms with Crippen molar-refractivity contribution in [1.29, 1.82) is 0 Å². The molecule has 0 unspecified atom stereocenters. The SMILES string of the molecule is CCOC(=O)c1nc(OS(C)(=O)=O)c(F)c(F)c1F. The van der Waals surface area contributed by atoms with Gasteiger partial charge in [0, 0.05) is 0 Å². The molecule has 0 atom stereocenters. The highest BCUT2D eigenvalue weighted by Gasteiger charge is 2.27. The second kappa shape index (κ2) is 5.43. The van der Waals surface area contributed by atoms with E-state index >= 15 is 0 Å². The maximum Gasteiger partial charge on any atom is 0.360 e. The highest BCUT2D eigenvalue weighted by molar-refractivity contribution is 7.86. The van der Waals surface area contributed by atoms with Gasteiger partial charge in [0.15, 0.2) is 11.5 Å². The largest absolute Gasteiger partial charge is 0.461 e. The van der Waals surface area contributed by atoms with Crippen LogP contribution in [0.2, 0.25) is 0 Å². The van der Waals surface area contributed by atoms with E-state index in [9.17, 15) is 26.4 Å². The molecule has 19 heavy (non-hydrogen) atoms. The van der Waals surface area contributed by atoms with Gasteiger partial charge in [-0.25, -0.2) is 13.6 Å². The van der Waals surface area contributed by atoms with Crippen LogP contribution in [0.5, 0.6) is 5.88 Å². The van der Waals surface area contributed by atoms with E-state index in [0.29, 0.717) is 6.26 Å². The first-order valence-corrected chi connectivity index (χ1v) is 6.60. The molecule has 0 fully saturated rings. The van der Waals surface area contributed by atoms with E-state index in [1.165, 1.54) is 6.92 Å². The summed E-state index contributed by atoms with van der Waals surface area (Å²) in [6.45, 7) is 1.23. The van der Waals surface area contributed by atoms with Gasteiger partial charge in [0.05, 0.1) is 12.9 Å². The van der Waals surface area contributed by atoms with Gasteiger partial charge in [-0.15, -0.1) is 0 Å². The summed E-state index contributed by atoms with van der Waals surface area (Å²) in [6.07, 6.45) is 0.541. The Balaban J connectivity index is 3.39. The molecule has 6 nitrogen and oxygen atoms in total.